The Morgan fingerprint density at radius 2 is 1.17 bits per heavy atom. The van der Waals surface area contributed by atoms with Gasteiger partial charge in [0, 0.05) is 12.4 Å². The Bertz CT molecular complexity index is 281. The molecule has 8 nitrogen and oxygen atoms in total. The van der Waals surface area contributed by atoms with Gasteiger partial charge in [0.15, 0.2) is 0 Å². The largest absolute Gasteiger partial charge is 0.394 e. The summed E-state index contributed by atoms with van der Waals surface area (Å²) in [5, 5.41) is 52.2. The fourth-order valence-electron chi connectivity index (χ4n) is 1.02. The van der Waals surface area contributed by atoms with Crippen molar-refractivity contribution < 1.29 is 30.6 Å². The first-order valence-electron chi connectivity index (χ1n) is 5.26. The van der Waals surface area contributed by atoms with Crippen LogP contribution < -0.4 is 5.84 Å². The second-order valence-corrected chi connectivity index (χ2v) is 3.61. The minimum Gasteiger partial charge on any atom is -0.394 e. The lowest BCUT2D eigenvalue weighted by atomic mass is 10.0. The van der Waals surface area contributed by atoms with Crippen LogP contribution in [0.4, 0.5) is 0 Å². The molecule has 0 fully saturated rings. The van der Waals surface area contributed by atoms with Gasteiger partial charge >= 0.3 is 0 Å². The highest BCUT2D eigenvalue weighted by molar-refractivity contribution is 4.89. The van der Waals surface area contributed by atoms with E-state index in [0.717, 1.165) is 0 Å². The number of nitrogens with zero attached hydrogens (tertiary/aromatic N) is 1. The fourth-order valence-corrected chi connectivity index (χ4v) is 1.02. The molecule has 0 saturated carbocycles. The lowest BCUT2D eigenvalue weighted by Gasteiger charge is -2.24. The number of nitrogen functional groups attached to an aromatic ring is 1. The van der Waals surface area contributed by atoms with Gasteiger partial charge in [0.25, 0.3) is 0 Å². The Morgan fingerprint density at radius 1 is 0.833 bits per heavy atom. The van der Waals surface area contributed by atoms with E-state index in [0.29, 0.717) is 0 Å². The molecule has 1 aromatic rings. The van der Waals surface area contributed by atoms with Crippen molar-refractivity contribution in [1.82, 2.24) is 4.68 Å². The van der Waals surface area contributed by atoms with E-state index in [1.807, 2.05) is 12.1 Å². The number of hydrogen-bond donors (Lipinski definition) is 7. The topological polar surface area (TPSA) is 152 Å². The van der Waals surface area contributed by atoms with Crippen molar-refractivity contribution in [3.8, 4) is 0 Å². The van der Waals surface area contributed by atoms with Crippen molar-refractivity contribution in [2.45, 2.75) is 24.4 Å². The highest BCUT2D eigenvalue weighted by atomic mass is 16.4. The van der Waals surface area contributed by atoms with E-state index in [1.165, 1.54) is 4.68 Å². The van der Waals surface area contributed by atoms with Crippen molar-refractivity contribution in [3.63, 3.8) is 0 Å². The molecule has 1 heterocycles. The van der Waals surface area contributed by atoms with E-state index in [4.69, 9.17) is 36.5 Å². The summed E-state index contributed by atoms with van der Waals surface area (Å²) < 4.78 is 1.50. The summed E-state index contributed by atoms with van der Waals surface area (Å²) in [7, 11) is 0. The molecular formula is C10H20N2O6. The molecule has 0 aliphatic carbocycles. The van der Waals surface area contributed by atoms with Crippen LogP contribution >= 0.6 is 0 Å². The Hall–Kier alpha value is -1.16. The van der Waals surface area contributed by atoms with E-state index >= 15 is 0 Å². The number of rotatable bonds is 5. The van der Waals surface area contributed by atoms with Crippen LogP contribution in [0.15, 0.2) is 24.5 Å². The molecule has 18 heavy (non-hydrogen) atoms. The van der Waals surface area contributed by atoms with E-state index < -0.39 is 37.6 Å². The second-order valence-electron chi connectivity index (χ2n) is 3.61. The monoisotopic (exact) mass is 264 g/mol. The zero-order valence-electron chi connectivity index (χ0n) is 9.74. The van der Waals surface area contributed by atoms with Crippen molar-refractivity contribution >= 4 is 0 Å². The van der Waals surface area contributed by atoms with Gasteiger partial charge in [-0.3, -0.25) is 4.68 Å². The average Bonchev–Trinajstić information content (AvgIpc) is 2.86. The van der Waals surface area contributed by atoms with Gasteiger partial charge in [-0.15, -0.1) is 0 Å². The normalized spacial score (nSPS) is 17.2. The standard InChI is InChI=1S/C6H14O6.C4H6N2/c7-1-3(9)5(11)6(12)4(10)2-8;5-6-3-1-2-4-6/h3-12H,1-2H2;1-4H,5H2/t3-,4-,5-,6-;/m1./s1. The first-order chi connectivity index (χ1) is 8.43. The lowest BCUT2D eigenvalue weighted by molar-refractivity contribution is -0.123. The van der Waals surface area contributed by atoms with Crippen LogP contribution in [0.2, 0.25) is 0 Å². The number of aliphatic hydroxyl groups is 6. The summed E-state index contributed by atoms with van der Waals surface area (Å²) in [5.74, 6) is 5.19. The van der Waals surface area contributed by atoms with Crippen LogP contribution in [-0.2, 0) is 0 Å². The van der Waals surface area contributed by atoms with Gasteiger partial charge in [0.05, 0.1) is 13.2 Å². The van der Waals surface area contributed by atoms with Gasteiger partial charge in [-0.1, -0.05) is 0 Å². The molecule has 0 aliphatic heterocycles. The highest BCUT2D eigenvalue weighted by Gasteiger charge is 2.29. The SMILES string of the molecule is Nn1cccc1.OC[C@@H](O)[C@@H](O)[C@H](O)[C@H](O)CO. The van der Waals surface area contributed by atoms with Crippen LogP contribution in [0.1, 0.15) is 0 Å². The van der Waals surface area contributed by atoms with Gasteiger partial charge in [-0.05, 0) is 12.1 Å². The van der Waals surface area contributed by atoms with E-state index in [2.05, 4.69) is 0 Å². The van der Waals surface area contributed by atoms with Gasteiger partial charge in [-0.2, -0.15) is 0 Å². The number of hydrogen-bond acceptors (Lipinski definition) is 7. The molecule has 106 valence electrons. The molecule has 4 atom stereocenters. The predicted octanol–water partition coefficient (Wildman–Crippen LogP) is -3.38. The van der Waals surface area contributed by atoms with E-state index in [1.54, 1.807) is 12.4 Å². The third-order valence-corrected chi connectivity index (χ3v) is 2.14. The minimum absolute atomic E-state index is 0.726. The van der Waals surface area contributed by atoms with Crippen LogP contribution in [0.25, 0.3) is 0 Å². The van der Waals surface area contributed by atoms with Gasteiger partial charge in [-0.25, -0.2) is 0 Å². The van der Waals surface area contributed by atoms with Crippen LogP contribution in [-0.4, -0.2) is 72.9 Å². The minimum atomic E-state index is -1.67. The number of aliphatic hydroxyl groups excluding tert-OH is 6. The molecule has 1 aromatic heterocycles. The summed E-state index contributed by atoms with van der Waals surface area (Å²) in [5.41, 5.74) is 0. The maximum atomic E-state index is 8.96. The van der Waals surface area contributed by atoms with Crippen molar-refractivity contribution in [1.29, 1.82) is 0 Å². The third-order valence-electron chi connectivity index (χ3n) is 2.14. The number of aromatic nitrogens is 1. The first kappa shape index (κ1) is 16.8. The maximum absolute atomic E-state index is 8.96. The lowest BCUT2D eigenvalue weighted by Crippen LogP contribution is -2.46. The molecule has 0 aromatic carbocycles. The summed E-state index contributed by atoms with van der Waals surface area (Å²) in [6, 6.07) is 3.75. The summed E-state index contributed by atoms with van der Waals surface area (Å²) in [6.07, 6.45) is -2.84. The Morgan fingerprint density at radius 3 is 1.33 bits per heavy atom. The average molecular weight is 264 g/mol. The second kappa shape index (κ2) is 8.86. The Kier molecular flexibility index (Phi) is 8.29. The molecule has 1 rings (SSSR count). The quantitative estimate of drug-likeness (QED) is 0.274. The van der Waals surface area contributed by atoms with Gasteiger partial charge < -0.3 is 36.5 Å². The summed E-state index contributed by atoms with van der Waals surface area (Å²) in [6.45, 7) is -1.45. The van der Waals surface area contributed by atoms with Gasteiger partial charge in [0.1, 0.15) is 24.4 Å². The zero-order chi connectivity index (χ0) is 14.1. The molecule has 0 spiro atoms. The third kappa shape index (κ3) is 5.96. The Labute approximate surface area is 104 Å². The van der Waals surface area contributed by atoms with E-state index in [9.17, 15) is 0 Å². The van der Waals surface area contributed by atoms with Crippen molar-refractivity contribution in [2.75, 3.05) is 19.1 Å². The smallest absolute Gasteiger partial charge is 0.111 e. The molecule has 0 bridgehead atoms. The molecule has 8 heteroatoms. The highest BCUT2D eigenvalue weighted by Crippen LogP contribution is 2.03. The Balaban J connectivity index is 0.000000397. The fraction of sp³-hybridized carbons (Fsp3) is 0.600. The molecule has 0 saturated heterocycles. The van der Waals surface area contributed by atoms with Crippen LogP contribution in [0.3, 0.4) is 0 Å². The maximum Gasteiger partial charge on any atom is 0.111 e. The molecule has 0 unspecified atom stereocenters. The molecule has 8 N–H and O–H groups in total. The molecular weight excluding hydrogens is 244 g/mol. The van der Waals surface area contributed by atoms with E-state index in [-0.39, 0.29) is 0 Å². The number of nitrogens with two attached hydrogens (primary N) is 1. The van der Waals surface area contributed by atoms with Crippen LogP contribution in [0.5, 0.6) is 0 Å². The van der Waals surface area contributed by atoms with Gasteiger partial charge in [0.2, 0.25) is 0 Å². The molecule has 0 radical (unpaired) electrons. The predicted molar refractivity (Wildman–Crippen MR) is 62.8 cm³/mol. The molecule has 0 amide bonds. The first-order valence-corrected chi connectivity index (χ1v) is 5.26. The summed E-state index contributed by atoms with van der Waals surface area (Å²) in [4.78, 5) is 0. The molecule has 0 aliphatic rings. The van der Waals surface area contributed by atoms with Crippen molar-refractivity contribution in [2.24, 2.45) is 0 Å². The summed E-state index contributed by atoms with van der Waals surface area (Å²) >= 11 is 0. The zero-order valence-corrected chi connectivity index (χ0v) is 9.74. The van der Waals surface area contributed by atoms with Crippen LogP contribution in [0, 0.1) is 0 Å². The van der Waals surface area contributed by atoms with Crippen molar-refractivity contribution in [3.05, 3.63) is 24.5 Å².